The summed E-state index contributed by atoms with van der Waals surface area (Å²) in [6.07, 6.45) is 10.8. The molecule has 2 aromatic carbocycles. The molecule has 0 heterocycles. The molecular formula is C30H42O3. The van der Waals surface area contributed by atoms with Crippen LogP contribution in [0.2, 0.25) is 0 Å². The molecule has 0 saturated carbocycles. The maximum absolute atomic E-state index is 10.4. The summed E-state index contributed by atoms with van der Waals surface area (Å²) in [5, 5.41) is 29.5. The lowest BCUT2D eigenvalue weighted by atomic mass is 9.74. The predicted octanol–water partition coefficient (Wildman–Crippen LogP) is 6.43. The molecule has 2 aromatic rings. The Morgan fingerprint density at radius 3 is 2.03 bits per heavy atom. The average Bonchev–Trinajstić information content (AvgIpc) is 2.82. The third-order valence-corrected chi connectivity index (χ3v) is 6.87. The molecule has 0 saturated heterocycles. The van der Waals surface area contributed by atoms with Gasteiger partial charge in [0.05, 0.1) is 19.3 Å². The smallest absolute Gasteiger partial charge is 0.0772 e. The van der Waals surface area contributed by atoms with Crippen molar-refractivity contribution in [3.63, 3.8) is 0 Å². The van der Waals surface area contributed by atoms with Crippen molar-refractivity contribution in [2.75, 3.05) is 0 Å². The molecule has 0 bridgehead atoms. The SMILES string of the molecule is CCc1cc(C(/C=C/c2ccc(CO)c(CO)c2)(CC)CC)ccc1/C=C/C(O)C(C)(C)C. The van der Waals surface area contributed by atoms with Gasteiger partial charge in [-0.15, -0.1) is 0 Å². The zero-order valence-corrected chi connectivity index (χ0v) is 21.2. The number of aliphatic hydroxyl groups excluding tert-OH is 3. The van der Waals surface area contributed by atoms with Gasteiger partial charge in [0.15, 0.2) is 0 Å². The second-order valence-electron chi connectivity index (χ2n) is 9.98. The zero-order chi connectivity index (χ0) is 24.6. The number of hydrogen-bond acceptors (Lipinski definition) is 3. The molecule has 3 N–H and O–H groups in total. The second kappa shape index (κ2) is 11.8. The highest BCUT2D eigenvalue weighted by atomic mass is 16.3. The summed E-state index contributed by atoms with van der Waals surface area (Å²) in [6, 6.07) is 12.5. The standard InChI is InChI=1S/C30H42O3/c1-7-23-19-27(14-12-24(23)13-15-28(33)29(4,5)6)30(8-2,9-3)17-16-22-10-11-25(20-31)26(18-22)21-32/h10-19,28,31-33H,7-9,20-21H2,1-6H3/b15-13+,17-16+. The number of benzene rings is 2. The second-order valence-corrected chi connectivity index (χ2v) is 9.98. The number of rotatable bonds is 10. The van der Waals surface area contributed by atoms with Gasteiger partial charge in [-0.2, -0.15) is 0 Å². The zero-order valence-electron chi connectivity index (χ0n) is 21.2. The van der Waals surface area contributed by atoms with Gasteiger partial charge in [0.2, 0.25) is 0 Å². The molecule has 0 amide bonds. The Morgan fingerprint density at radius 1 is 0.818 bits per heavy atom. The molecule has 3 nitrogen and oxygen atoms in total. The first kappa shape index (κ1) is 27.0. The minimum atomic E-state index is -0.490. The van der Waals surface area contributed by atoms with E-state index in [-0.39, 0.29) is 24.0 Å². The van der Waals surface area contributed by atoms with Gasteiger partial charge in [0.1, 0.15) is 0 Å². The van der Waals surface area contributed by atoms with Gasteiger partial charge < -0.3 is 15.3 Å². The molecule has 3 heteroatoms. The highest BCUT2D eigenvalue weighted by Crippen LogP contribution is 2.36. The minimum absolute atomic E-state index is 0.0683. The summed E-state index contributed by atoms with van der Waals surface area (Å²) >= 11 is 0. The molecule has 180 valence electrons. The fourth-order valence-corrected chi connectivity index (χ4v) is 4.16. The molecule has 0 aliphatic heterocycles. The van der Waals surface area contributed by atoms with Crippen LogP contribution in [0.5, 0.6) is 0 Å². The van der Waals surface area contributed by atoms with E-state index in [9.17, 15) is 15.3 Å². The molecule has 2 rings (SSSR count). The fraction of sp³-hybridized carbons (Fsp3) is 0.467. The van der Waals surface area contributed by atoms with Crippen molar-refractivity contribution in [3.8, 4) is 0 Å². The van der Waals surface area contributed by atoms with Crippen molar-refractivity contribution in [1.29, 1.82) is 0 Å². The van der Waals surface area contributed by atoms with E-state index in [0.29, 0.717) is 0 Å². The molecule has 1 unspecified atom stereocenters. The van der Waals surface area contributed by atoms with Crippen LogP contribution in [0.25, 0.3) is 12.2 Å². The summed E-state index contributed by atoms with van der Waals surface area (Å²) in [6.45, 7) is 12.6. The quantitative estimate of drug-likeness (QED) is 0.391. The first-order chi connectivity index (χ1) is 15.6. The summed E-state index contributed by atoms with van der Waals surface area (Å²) < 4.78 is 0. The fourth-order valence-electron chi connectivity index (χ4n) is 4.16. The lowest BCUT2D eigenvalue weighted by molar-refractivity contribution is 0.106. The summed E-state index contributed by atoms with van der Waals surface area (Å²) in [4.78, 5) is 0. The molecule has 0 fully saturated rings. The van der Waals surface area contributed by atoms with E-state index >= 15 is 0 Å². The Labute approximate surface area is 200 Å². The Kier molecular flexibility index (Phi) is 9.66. The van der Waals surface area contributed by atoms with Gasteiger partial charge in [-0.05, 0) is 64.1 Å². The lowest BCUT2D eigenvalue weighted by Gasteiger charge is -2.30. The van der Waals surface area contributed by atoms with E-state index in [1.165, 1.54) is 11.1 Å². The number of allylic oxidation sites excluding steroid dienone is 1. The van der Waals surface area contributed by atoms with Crippen LogP contribution >= 0.6 is 0 Å². The van der Waals surface area contributed by atoms with Crippen LogP contribution in [0.1, 0.15) is 87.8 Å². The maximum atomic E-state index is 10.4. The maximum Gasteiger partial charge on any atom is 0.0772 e. The van der Waals surface area contributed by atoms with Crippen molar-refractivity contribution >= 4 is 12.2 Å². The number of aryl methyl sites for hydroxylation is 1. The molecule has 0 aromatic heterocycles. The Hall–Kier alpha value is -2.20. The summed E-state index contributed by atoms with van der Waals surface area (Å²) in [5.74, 6) is 0. The van der Waals surface area contributed by atoms with E-state index in [2.05, 4.69) is 51.1 Å². The Balaban J connectivity index is 2.41. The molecule has 0 radical (unpaired) electrons. The van der Waals surface area contributed by atoms with Crippen LogP contribution in [0.4, 0.5) is 0 Å². The third-order valence-electron chi connectivity index (χ3n) is 6.87. The van der Waals surface area contributed by atoms with Crippen LogP contribution in [0, 0.1) is 5.41 Å². The first-order valence-corrected chi connectivity index (χ1v) is 12.2. The molecule has 1 atom stereocenters. The average molecular weight is 451 g/mol. The van der Waals surface area contributed by atoms with Gasteiger partial charge in [-0.3, -0.25) is 0 Å². The van der Waals surface area contributed by atoms with Crippen molar-refractivity contribution < 1.29 is 15.3 Å². The van der Waals surface area contributed by atoms with Gasteiger partial charge in [0, 0.05) is 5.41 Å². The van der Waals surface area contributed by atoms with Gasteiger partial charge in [-0.25, -0.2) is 0 Å². The molecular weight excluding hydrogens is 408 g/mol. The van der Waals surface area contributed by atoms with Crippen LogP contribution in [0.15, 0.2) is 48.6 Å². The van der Waals surface area contributed by atoms with Gasteiger partial charge in [-0.1, -0.05) is 96.2 Å². The minimum Gasteiger partial charge on any atom is -0.392 e. The first-order valence-electron chi connectivity index (χ1n) is 12.2. The predicted molar refractivity (Wildman–Crippen MR) is 140 cm³/mol. The molecule has 33 heavy (non-hydrogen) atoms. The van der Waals surface area contributed by atoms with E-state index in [4.69, 9.17) is 0 Å². The number of aliphatic hydroxyl groups is 3. The lowest BCUT2D eigenvalue weighted by Crippen LogP contribution is -2.23. The van der Waals surface area contributed by atoms with E-state index < -0.39 is 6.10 Å². The Bertz CT molecular complexity index is 959. The van der Waals surface area contributed by atoms with Crippen LogP contribution in [-0.4, -0.2) is 21.4 Å². The van der Waals surface area contributed by atoms with Crippen molar-refractivity contribution in [3.05, 3.63) is 81.9 Å². The molecule has 0 aliphatic carbocycles. The van der Waals surface area contributed by atoms with E-state index in [0.717, 1.165) is 41.5 Å². The monoisotopic (exact) mass is 450 g/mol. The largest absolute Gasteiger partial charge is 0.392 e. The number of hydrogen-bond donors (Lipinski definition) is 3. The van der Waals surface area contributed by atoms with Crippen molar-refractivity contribution in [2.24, 2.45) is 5.41 Å². The van der Waals surface area contributed by atoms with Gasteiger partial charge in [0.25, 0.3) is 0 Å². The molecule has 0 spiro atoms. The van der Waals surface area contributed by atoms with Crippen LogP contribution in [-0.2, 0) is 25.0 Å². The van der Waals surface area contributed by atoms with Crippen LogP contribution in [0.3, 0.4) is 0 Å². The highest BCUT2D eigenvalue weighted by Gasteiger charge is 2.26. The van der Waals surface area contributed by atoms with E-state index in [1.807, 2.05) is 51.1 Å². The van der Waals surface area contributed by atoms with Crippen LogP contribution < -0.4 is 0 Å². The normalized spacial score (nSPS) is 13.8. The van der Waals surface area contributed by atoms with Crippen molar-refractivity contribution in [1.82, 2.24) is 0 Å². The summed E-state index contributed by atoms with van der Waals surface area (Å²) in [7, 11) is 0. The summed E-state index contributed by atoms with van der Waals surface area (Å²) in [5.41, 5.74) is 6.00. The van der Waals surface area contributed by atoms with E-state index in [1.54, 1.807) is 0 Å². The highest BCUT2D eigenvalue weighted by molar-refractivity contribution is 5.58. The Morgan fingerprint density at radius 2 is 1.48 bits per heavy atom. The third kappa shape index (κ3) is 6.66. The topological polar surface area (TPSA) is 60.7 Å². The van der Waals surface area contributed by atoms with Crippen molar-refractivity contribution in [2.45, 2.75) is 85.5 Å². The molecule has 0 aliphatic rings. The van der Waals surface area contributed by atoms with Gasteiger partial charge >= 0.3 is 0 Å².